The van der Waals surface area contributed by atoms with E-state index in [0.29, 0.717) is 5.92 Å². The van der Waals surface area contributed by atoms with Crippen molar-refractivity contribution in [1.29, 1.82) is 0 Å². The van der Waals surface area contributed by atoms with Crippen LogP contribution in [0.4, 0.5) is 0 Å². The van der Waals surface area contributed by atoms with Gasteiger partial charge in [0.25, 0.3) is 0 Å². The Balaban J connectivity index is 1.79. The zero-order chi connectivity index (χ0) is 10.7. The molecule has 0 aliphatic carbocycles. The Morgan fingerprint density at radius 1 is 1.13 bits per heavy atom. The van der Waals surface area contributed by atoms with Gasteiger partial charge in [0, 0.05) is 19.6 Å². The fourth-order valence-corrected chi connectivity index (χ4v) is 2.20. The van der Waals surface area contributed by atoms with Gasteiger partial charge in [0.05, 0.1) is 12.7 Å². The van der Waals surface area contributed by atoms with Gasteiger partial charge in [-0.1, -0.05) is 13.8 Å². The average molecular weight is 214 g/mol. The highest BCUT2D eigenvalue weighted by atomic mass is 16.7. The molecule has 0 amide bonds. The normalized spacial score (nSPS) is 42.8. The van der Waals surface area contributed by atoms with Gasteiger partial charge in [0.1, 0.15) is 0 Å². The first-order valence-electron chi connectivity index (χ1n) is 6.10. The molecular weight excluding hydrogens is 192 g/mol. The molecule has 0 spiro atoms. The van der Waals surface area contributed by atoms with E-state index in [0.717, 1.165) is 45.0 Å². The fourth-order valence-electron chi connectivity index (χ4n) is 2.20. The maximum Gasteiger partial charge on any atom is 0.158 e. The minimum atomic E-state index is 0.00269. The van der Waals surface area contributed by atoms with Gasteiger partial charge in [-0.05, 0) is 24.7 Å². The van der Waals surface area contributed by atoms with E-state index < -0.39 is 0 Å². The third-order valence-corrected chi connectivity index (χ3v) is 3.47. The molecule has 0 N–H and O–H groups in total. The molecular formula is C12H22O3. The van der Waals surface area contributed by atoms with E-state index in [1.165, 1.54) is 0 Å². The lowest BCUT2D eigenvalue weighted by Crippen LogP contribution is -2.39. The van der Waals surface area contributed by atoms with Crippen molar-refractivity contribution < 1.29 is 14.2 Å². The molecule has 3 nitrogen and oxygen atoms in total. The lowest BCUT2D eigenvalue weighted by atomic mass is 9.99. The minimum Gasteiger partial charge on any atom is -0.379 e. The van der Waals surface area contributed by atoms with Crippen molar-refractivity contribution in [3.05, 3.63) is 0 Å². The predicted octanol–water partition coefficient (Wildman–Crippen LogP) is 2.20. The van der Waals surface area contributed by atoms with E-state index in [1.54, 1.807) is 0 Å². The average Bonchev–Trinajstić information content (AvgIpc) is 2.22. The highest BCUT2D eigenvalue weighted by molar-refractivity contribution is 4.72. The van der Waals surface area contributed by atoms with E-state index in [-0.39, 0.29) is 12.4 Å². The summed E-state index contributed by atoms with van der Waals surface area (Å²) in [5.74, 6) is 1.32. The summed E-state index contributed by atoms with van der Waals surface area (Å²) in [4.78, 5) is 0. The molecule has 2 rings (SSSR count). The van der Waals surface area contributed by atoms with Gasteiger partial charge in [-0.3, -0.25) is 0 Å². The molecule has 2 aliphatic heterocycles. The van der Waals surface area contributed by atoms with E-state index in [4.69, 9.17) is 14.2 Å². The van der Waals surface area contributed by atoms with Crippen LogP contribution in [0.1, 0.15) is 33.1 Å². The monoisotopic (exact) mass is 214 g/mol. The van der Waals surface area contributed by atoms with Crippen molar-refractivity contribution >= 4 is 0 Å². The van der Waals surface area contributed by atoms with Gasteiger partial charge in [-0.15, -0.1) is 0 Å². The first kappa shape index (κ1) is 11.4. The second kappa shape index (κ2) is 5.28. The molecule has 88 valence electrons. The summed E-state index contributed by atoms with van der Waals surface area (Å²) in [6.45, 7) is 6.95. The molecule has 0 aromatic heterocycles. The van der Waals surface area contributed by atoms with Crippen LogP contribution in [0, 0.1) is 11.8 Å². The van der Waals surface area contributed by atoms with Gasteiger partial charge < -0.3 is 14.2 Å². The molecule has 15 heavy (non-hydrogen) atoms. The largest absolute Gasteiger partial charge is 0.379 e. The van der Waals surface area contributed by atoms with Gasteiger partial charge in [-0.25, -0.2) is 0 Å². The summed E-state index contributed by atoms with van der Waals surface area (Å²) < 4.78 is 17.0. The van der Waals surface area contributed by atoms with Crippen molar-refractivity contribution in [2.75, 3.05) is 19.8 Å². The Bertz CT molecular complexity index is 195. The highest BCUT2D eigenvalue weighted by Crippen LogP contribution is 2.25. The van der Waals surface area contributed by atoms with E-state index in [2.05, 4.69) is 13.8 Å². The van der Waals surface area contributed by atoms with Crippen LogP contribution in [-0.4, -0.2) is 32.2 Å². The van der Waals surface area contributed by atoms with Gasteiger partial charge in [0.15, 0.2) is 6.29 Å². The molecule has 0 bridgehead atoms. The molecule has 0 radical (unpaired) electrons. The zero-order valence-electron chi connectivity index (χ0n) is 9.78. The van der Waals surface area contributed by atoms with E-state index >= 15 is 0 Å². The molecule has 2 fully saturated rings. The summed E-state index contributed by atoms with van der Waals surface area (Å²) in [5, 5.41) is 0. The summed E-state index contributed by atoms with van der Waals surface area (Å²) >= 11 is 0. The van der Waals surface area contributed by atoms with Crippen LogP contribution in [0.2, 0.25) is 0 Å². The van der Waals surface area contributed by atoms with Crippen molar-refractivity contribution in [3.8, 4) is 0 Å². The van der Waals surface area contributed by atoms with Crippen molar-refractivity contribution in [2.45, 2.75) is 45.5 Å². The molecule has 3 heteroatoms. The highest BCUT2D eigenvalue weighted by Gasteiger charge is 2.28. The van der Waals surface area contributed by atoms with Crippen molar-refractivity contribution in [3.63, 3.8) is 0 Å². The fraction of sp³-hybridized carbons (Fsp3) is 1.00. The van der Waals surface area contributed by atoms with E-state index in [9.17, 15) is 0 Å². The standard InChI is InChI=1S/C12H22O3/c1-9-3-6-14-12(7-9)15-11-8-13-5-4-10(11)2/h9-12H,3-8H2,1-2H3. The Kier molecular flexibility index (Phi) is 4.00. The second-order valence-electron chi connectivity index (χ2n) is 4.95. The van der Waals surface area contributed by atoms with Crippen LogP contribution in [0.15, 0.2) is 0 Å². The van der Waals surface area contributed by atoms with E-state index in [1.807, 2.05) is 0 Å². The van der Waals surface area contributed by atoms with Gasteiger partial charge in [0.2, 0.25) is 0 Å². The molecule has 4 atom stereocenters. The molecule has 0 aromatic rings. The first-order chi connectivity index (χ1) is 7.25. The molecule has 0 saturated carbocycles. The maximum atomic E-state index is 5.97. The second-order valence-corrected chi connectivity index (χ2v) is 4.95. The van der Waals surface area contributed by atoms with Crippen molar-refractivity contribution in [1.82, 2.24) is 0 Å². The SMILES string of the molecule is CC1CCOC(OC2COCCC2C)C1. The summed E-state index contributed by atoms with van der Waals surface area (Å²) in [7, 11) is 0. The number of hydrogen-bond donors (Lipinski definition) is 0. The molecule has 4 unspecified atom stereocenters. The smallest absolute Gasteiger partial charge is 0.158 e. The zero-order valence-corrected chi connectivity index (χ0v) is 9.78. The van der Waals surface area contributed by atoms with Crippen LogP contribution in [0.5, 0.6) is 0 Å². The van der Waals surface area contributed by atoms with Gasteiger partial charge in [-0.2, -0.15) is 0 Å². The van der Waals surface area contributed by atoms with Crippen LogP contribution < -0.4 is 0 Å². The predicted molar refractivity (Wildman–Crippen MR) is 57.6 cm³/mol. The number of hydrogen-bond acceptors (Lipinski definition) is 3. The number of rotatable bonds is 2. The molecule has 0 aromatic carbocycles. The topological polar surface area (TPSA) is 27.7 Å². The van der Waals surface area contributed by atoms with Crippen LogP contribution in [0.25, 0.3) is 0 Å². The molecule has 2 saturated heterocycles. The van der Waals surface area contributed by atoms with Crippen LogP contribution in [0.3, 0.4) is 0 Å². The van der Waals surface area contributed by atoms with Gasteiger partial charge >= 0.3 is 0 Å². The lowest BCUT2D eigenvalue weighted by molar-refractivity contribution is -0.223. The Hall–Kier alpha value is -0.120. The van der Waals surface area contributed by atoms with Crippen LogP contribution >= 0.6 is 0 Å². The maximum absolute atomic E-state index is 5.97. The third kappa shape index (κ3) is 3.16. The number of ether oxygens (including phenoxy) is 3. The van der Waals surface area contributed by atoms with Crippen LogP contribution in [-0.2, 0) is 14.2 Å². The minimum absolute atomic E-state index is 0.00269. The summed E-state index contributed by atoms with van der Waals surface area (Å²) in [6.07, 6.45) is 3.53. The lowest BCUT2D eigenvalue weighted by Gasteiger charge is -2.35. The third-order valence-electron chi connectivity index (χ3n) is 3.47. The van der Waals surface area contributed by atoms with Crippen molar-refractivity contribution in [2.24, 2.45) is 11.8 Å². The Morgan fingerprint density at radius 3 is 2.73 bits per heavy atom. The summed E-state index contributed by atoms with van der Waals surface area (Å²) in [6, 6.07) is 0. The molecule has 2 aliphatic rings. The molecule has 2 heterocycles. The Labute approximate surface area is 92.1 Å². The Morgan fingerprint density at radius 2 is 2.00 bits per heavy atom. The quantitative estimate of drug-likeness (QED) is 0.705. The first-order valence-corrected chi connectivity index (χ1v) is 6.10. The summed E-state index contributed by atoms with van der Waals surface area (Å²) in [5.41, 5.74) is 0.